The zero-order chi connectivity index (χ0) is 16.4. The molecule has 0 radical (unpaired) electrons. The summed E-state index contributed by atoms with van der Waals surface area (Å²) in [6, 6.07) is 10.6. The fraction of sp³-hybridized carbons (Fsp3) is 0.389. The van der Waals surface area contributed by atoms with Gasteiger partial charge in [-0.25, -0.2) is 4.98 Å². The molecule has 6 heteroatoms. The van der Waals surface area contributed by atoms with Crippen LogP contribution in [0.25, 0.3) is 5.65 Å². The summed E-state index contributed by atoms with van der Waals surface area (Å²) in [7, 11) is 0. The molecule has 3 aromatic rings. The third-order valence-corrected chi connectivity index (χ3v) is 4.51. The molecule has 1 aliphatic heterocycles. The highest BCUT2D eigenvalue weighted by atomic mass is 15.3. The standard InChI is InChI=1S/C18H22N6/c1-14-7-8-18(22-21-14)24-10-4-5-15(12-24)19-11-16-13-23-9-3-2-6-17(23)20-16/h2-3,6-9,13,15,19H,4-5,10-12H2,1H3/t15-/m0/s1. The van der Waals surface area contributed by atoms with Gasteiger partial charge in [-0.05, 0) is 44.0 Å². The van der Waals surface area contributed by atoms with Crippen LogP contribution in [-0.2, 0) is 6.54 Å². The van der Waals surface area contributed by atoms with Crippen molar-refractivity contribution in [2.24, 2.45) is 0 Å². The van der Waals surface area contributed by atoms with Crippen LogP contribution in [0.5, 0.6) is 0 Å². The summed E-state index contributed by atoms with van der Waals surface area (Å²) in [5.41, 5.74) is 3.03. The molecule has 0 bridgehead atoms. The van der Waals surface area contributed by atoms with Gasteiger partial charge in [0.1, 0.15) is 5.65 Å². The van der Waals surface area contributed by atoms with Gasteiger partial charge >= 0.3 is 0 Å². The molecular weight excluding hydrogens is 300 g/mol. The Labute approximate surface area is 141 Å². The largest absolute Gasteiger partial charge is 0.354 e. The van der Waals surface area contributed by atoms with Gasteiger partial charge in [-0.3, -0.25) is 0 Å². The lowest BCUT2D eigenvalue weighted by Gasteiger charge is -2.33. The Bertz CT molecular complexity index is 777. The molecule has 0 saturated carbocycles. The van der Waals surface area contributed by atoms with Gasteiger partial charge in [-0.15, -0.1) is 5.10 Å². The lowest BCUT2D eigenvalue weighted by atomic mass is 10.1. The number of aryl methyl sites for hydroxylation is 1. The Morgan fingerprint density at radius 2 is 2.17 bits per heavy atom. The van der Waals surface area contributed by atoms with E-state index in [0.717, 1.165) is 42.5 Å². The average Bonchev–Trinajstić information content (AvgIpc) is 3.04. The maximum atomic E-state index is 4.65. The normalized spacial score (nSPS) is 18.2. The summed E-state index contributed by atoms with van der Waals surface area (Å²) in [6.07, 6.45) is 6.47. The van der Waals surface area contributed by atoms with Crippen LogP contribution < -0.4 is 10.2 Å². The second-order valence-electron chi connectivity index (χ2n) is 6.40. The Morgan fingerprint density at radius 1 is 1.21 bits per heavy atom. The number of nitrogens with zero attached hydrogens (tertiary/aromatic N) is 5. The molecule has 0 aliphatic carbocycles. The van der Waals surface area contributed by atoms with Gasteiger partial charge < -0.3 is 14.6 Å². The Morgan fingerprint density at radius 3 is 3.00 bits per heavy atom. The summed E-state index contributed by atoms with van der Waals surface area (Å²) < 4.78 is 2.06. The third-order valence-electron chi connectivity index (χ3n) is 4.51. The van der Waals surface area contributed by atoms with E-state index in [0.29, 0.717) is 6.04 Å². The molecule has 1 saturated heterocycles. The molecule has 4 rings (SSSR count). The first-order valence-electron chi connectivity index (χ1n) is 8.49. The summed E-state index contributed by atoms with van der Waals surface area (Å²) >= 11 is 0. The number of rotatable bonds is 4. The van der Waals surface area contributed by atoms with E-state index in [1.54, 1.807) is 0 Å². The van der Waals surface area contributed by atoms with Gasteiger partial charge in [0.2, 0.25) is 0 Å². The number of anilines is 1. The van der Waals surface area contributed by atoms with Crippen molar-refractivity contribution in [1.29, 1.82) is 0 Å². The van der Waals surface area contributed by atoms with E-state index in [1.807, 2.05) is 37.4 Å². The van der Waals surface area contributed by atoms with Crippen LogP contribution in [0.1, 0.15) is 24.2 Å². The SMILES string of the molecule is Cc1ccc(N2CCC[C@H](NCc3cn4ccccc4n3)C2)nn1. The maximum Gasteiger partial charge on any atom is 0.151 e. The molecule has 1 N–H and O–H groups in total. The minimum Gasteiger partial charge on any atom is -0.354 e. The fourth-order valence-electron chi connectivity index (χ4n) is 3.23. The molecule has 1 atom stereocenters. The van der Waals surface area contributed by atoms with Crippen LogP contribution in [0, 0.1) is 6.92 Å². The molecule has 0 spiro atoms. The predicted molar refractivity (Wildman–Crippen MR) is 94.0 cm³/mol. The summed E-state index contributed by atoms with van der Waals surface area (Å²) in [4.78, 5) is 6.97. The number of piperidine rings is 1. The molecule has 4 heterocycles. The molecular formula is C18H22N6. The number of fused-ring (bicyclic) bond motifs is 1. The van der Waals surface area contributed by atoms with Crippen LogP contribution in [0.2, 0.25) is 0 Å². The van der Waals surface area contributed by atoms with Crippen LogP contribution in [-0.4, -0.2) is 38.7 Å². The zero-order valence-electron chi connectivity index (χ0n) is 13.9. The minimum absolute atomic E-state index is 0.451. The Kier molecular flexibility index (Phi) is 4.13. The summed E-state index contributed by atoms with van der Waals surface area (Å²) in [5, 5.41) is 12.1. The molecule has 1 fully saturated rings. The quantitative estimate of drug-likeness (QED) is 0.798. The van der Waals surface area contributed by atoms with Gasteiger partial charge in [0.15, 0.2) is 5.82 Å². The van der Waals surface area contributed by atoms with E-state index in [9.17, 15) is 0 Å². The van der Waals surface area contributed by atoms with Crippen LogP contribution >= 0.6 is 0 Å². The highest BCUT2D eigenvalue weighted by Gasteiger charge is 2.21. The van der Waals surface area contributed by atoms with Crippen LogP contribution in [0.15, 0.2) is 42.7 Å². The van der Waals surface area contributed by atoms with Gasteiger partial charge in [-0.2, -0.15) is 5.10 Å². The average molecular weight is 322 g/mol. The van der Waals surface area contributed by atoms with Crippen LogP contribution in [0.4, 0.5) is 5.82 Å². The highest BCUT2D eigenvalue weighted by Crippen LogP contribution is 2.17. The lowest BCUT2D eigenvalue weighted by Crippen LogP contribution is -2.45. The topological polar surface area (TPSA) is 58.4 Å². The number of hydrogen-bond donors (Lipinski definition) is 1. The Balaban J connectivity index is 1.38. The van der Waals surface area contributed by atoms with Crippen molar-refractivity contribution in [2.75, 3.05) is 18.0 Å². The van der Waals surface area contributed by atoms with Gasteiger partial charge in [0.25, 0.3) is 0 Å². The molecule has 1 aliphatic rings. The molecule has 0 unspecified atom stereocenters. The van der Waals surface area contributed by atoms with E-state index >= 15 is 0 Å². The third kappa shape index (κ3) is 3.23. The fourth-order valence-corrected chi connectivity index (χ4v) is 3.23. The monoisotopic (exact) mass is 322 g/mol. The molecule has 0 aromatic carbocycles. The zero-order valence-corrected chi connectivity index (χ0v) is 13.9. The first-order valence-corrected chi connectivity index (χ1v) is 8.49. The minimum atomic E-state index is 0.451. The van der Waals surface area contributed by atoms with Crippen molar-refractivity contribution in [3.63, 3.8) is 0 Å². The van der Waals surface area contributed by atoms with Crippen molar-refractivity contribution in [3.05, 3.63) is 54.1 Å². The van der Waals surface area contributed by atoms with Crippen molar-refractivity contribution in [2.45, 2.75) is 32.4 Å². The summed E-state index contributed by atoms with van der Waals surface area (Å²) in [6.45, 7) is 4.77. The Hall–Kier alpha value is -2.47. The number of aromatic nitrogens is 4. The van der Waals surface area contributed by atoms with Crippen molar-refractivity contribution in [3.8, 4) is 0 Å². The van der Waals surface area contributed by atoms with Gasteiger partial charge in [-0.1, -0.05) is 6.07 Å². The molecule has 24 heavy (non-hydrogen) atoms. The number of imidazole rings is 1. The van der Waals surface area contributed by atoms with Crippen molar-refractivity contribution < 1.29 is 0 Å². The second kappa shape index (κ2) is 6.57. The van der Waals surface area contributed by atoms with Crippen LogP contribution in [0.3, 0.4) is 0 Å². The molecule has 3 aromatic heterocycles. The second-order valence-corrected chi connectivity index (χ2v) is 6.40. The summed E-state index contributed by atoms with van der Waals surface area (Å²) in [5.74, 6) is 0.972. The van der Waals surface area contributed by atoms with E-state index < -0.39 is 0 Å². The molecule has 6 nitrogen and oxygen atoms in total. The number of pyridine rings is 1. The van der Waals surface area contributed by atoms with E-state index in [2.05, 4.69) is 42.1 Å². The number of hydrogen-bond acceptors (Lipinski definition) is 5. The van der Waals surface area contributed by atoms with E-state index in [1.165, 1.54) is 12.8 Å². The molecule has 0 amide bonds. The molecule has 124 valence electrons. The van der Waals surface area contributed by atoms with E-state index in [-0.39, 0.29) is 0 Å². The maximum absolute atomic E-state index is 4.65. The highest BCUT2D eigenvalue weighted by molar-refractivity contribution is 5.40. The first kappa shape index (κ1) is 15.1. The van der Waals surface area contributed by atoms with Gasteiger partial charge in [0.05, 0.1) is 11.4 Å². The number of nitrogens with one attached hydrogen (secondary N) is 1. The van der Waals surface area contributed by atoms with Crippen molar-refractivity contribution >= 4 is 11.5 Å². The smallest absolute Gasteiger partial charge is 0.151 e. The predicted octanol–water partition coefficient (Wildman–Crippen LogP) is 2.19. The first-order chi connectivity index (χ1) is 11.8. The lowest BCUT2D eigenvalue weighted by molar-refractivity contribution is 0.418. The van der Waals surface area contributed by atoms with E-state index in [4.69, 9.17) is 0 Å². The van der Waals surface area contributed by atoms with Gasteiger partial charge in [0, 0.05) is 38.1 Å². The van der Waals surface area contributed by atoms with Crippen molar-refractivity contribution in [1.82, 2.24) is 24.9 Å².